The van der Waals surface area contributed by atoms with Gasteiger partial charge >= 0.3 is 13.6 Å². The Morgan fingerprint density at radius 1 is 0.952 bits per heavy atom. The fourth-order valence-corrected chi connectivity index (χ4v) is 4.65. The quantitative estimate of drug-likeness (QED) is 0.118. The summed E-state index contributed by atoms with van der Waals surface area (Å²) < 4.78 is 28.5. The molecule has 14 heteroatoms. The Hall–Kier alpha value is -2.67. The summed E-state index contributed by atoms with van der Waals surface area (Å²) in [6.07, 6.45) is 1.68. The Balaban J connectivity index is 1.61. The van der Waals surface area contributed by atoms with Crippen LogP contribution < -0.4 is 5.32 Å². The number of ether oxygens (including phenoxy) is 3. The minimum atomic E-state index is -4.13. The van der Waals surface area contributed by atoms with E-state index >= 15 is 0 Å². The van der Waals surface area contributed by atoms with Crippen LogP contribution in [-0.2, 0) is 55.4 Å². The highest BCUT2D eigenvalue weighted by atomic mass is 31.2. The second-order valence-corrected chi connectivity index (χ2v) is 12.7. The molecule has 3 amide bonds. The van der Waals surface area contributed by atoms with Gasteiger partial charge in [0.2, 0.25) is 5.91 Å². The normalized spacial score (nSPS) is 15.5. The molecule has 236 valence electrons. The summed E-state index contributed by atoms with van der Waals surface area (Å²) in [5.74, 6) is -2.09. The lowest BCUT2D eigenvalue weighted by atomic mass is 9.99. The number of hydroxylamine groups is 2. The first kappa shape index (κ1) is 35.5. The van der Waals surface area contributed by atoms with Crippen molar-refractivity contribution in [1.82, 2.24) is 10.4 Å². The highest BCUT2D eigenvalue weighted by Crippen LogP contribution is 2.38. The molecule has 1 heterocycles. The standard InChI is InChI=1S/C28H43N2O11P/c1-5-28(4,13-15-38-19-26(34)41-30-24(32)10-11-25(30)33)40-16-12-27(2,3)39-17-14-29-23(31)18-21-6-8-22(9-7-21)20-42(35,36)37/h6-9H,5,10-20H2,1-4H3,(H,29,31)(H2,35,36,37). The molecular formula is C28H43N2O11P. The van der Waals surface area contributed by atoms with E-state index in [1.54, 1.807) is 24.3 Å². The molecule has 1 atom stereocenters. The van der Waals surface area contributed by atoms with Crippen LogP contribution in [0.15, 0.2) is 24.3 Å². The molecule has 0 radical (unpaired) electrons. The zero-order chi connectivity index (χ0) is 31.4. The molecule has 1 aliphatic heterocycles. The molecule has 0 aliphatic carbocycles. The number of imide groups is 1. The zero-order valence-electron chi connectivity index (χ0n) is 24.8. The van der Waals surface area contributed by atoms with Crippen molar-refractivity contribution >= 4 is 31.3 Å². The predicted molar refractivity (Wildman–Crippen MR) is 151 cm³/mol. The fourth-order valence-electron chi connectivity index (χ4n) is 3.96. The van der Waals surface area contributed by atoms with Gasteiger partial charge in [-0.2, -0.15) is 0 Å². The molecule has 1 aromatic carbocycles. The molecule has 1 aliphatic rings. The number of hydrogen-bond acceptors (Lipinski definition) is 9. The second kappa shape index (κ2) is 16.3. The van der Waals surface area contributed by atoms with Gasteiger partial charge in [-0.05, 0) is 51.2 Å². The molecule has 1 aromatic rings. The van der Waals surface area contributed by atoms with Crippen molar-refractivity contribution in [3.05, 3.63) is 35.4 Å². The molecular weight excluding hydrogens is 571 g/mol. The van der Waals surface area contributed by atoms with Crippen LogP contribution in [0.1, 0.15) is 70.9 Å². The molecule has 2 rings (SSSR count). The lowest BCUT2D eigenvalue weighted by Gasteiger charge is -2.31. The van der Waals surface area contributed by atoms with Gasteiger partial charge in [0, 0.05) is 19.4 Å². The van der Waals surface area contributed by atoms with Gasteiger partial charge in [0.15, 0.2) is 0 Å². The molecule has 0 aromatic heterocycles. The van der Waals surface area contributed by atoms with Crippen molar-refractivity contribution in [1.29, 1.82) is 0 Å². The first-order valence-electron chi connectivity index (χ1n) is 13.9. The zero-order valence-corrected chi connectivity index (χ0v) is 25.7. The van der Waals surface area contributed by atoms with Crippen LogP contribution in [0.3, 0.4) is 0 Å². The lowest BCUT2D eigenvalue weighted by molar-refractivity contribution is -0.200. The van der Waals surface area contributed by atoms with E-state index in [2.05, 4.69) is 5.32 Å². The summed E-state index contributed by atoms with van der Waals surface area (Å²) in [5.41, 5.74) is 0.246. The molecule has 13 nitrogen and oxygen atoms in total. The molecule has 0 bridgehead atoms. The average Bonchev–Trinajstić information content (AvgIpc) is 3.21. The van der Waals surface area contributed by atoms with Crippen LogP contribution in [0.5, 0.6) is 0 Å². The fraction of sp³-hybridized carbons (Fsp3) is 0.643. The van der Waals surface area contributed by atoms with E-state index in [0.29, 0.717) is 49.6 Å². The molecule has 1 unspecified atom stereocenters. The number of amides is 3. The second-order valence-electron chi connectivity index (χ2n) is 11.0. The summed E-state index contributed by atoms with van der Waals surface area (Å²) in [6, 6.07) is 6.56. The van der Waals surface area contributed by atoms with Crippen molar-refractivity contribution in [2.45, 2.75) is 83.6 Å². The first-order valence-corrected chi connectivity index (χ1v) is 15.7. The van der Waals surface area contributed by atoms with E-state index < -0.39 is 36.6 Å². The van der Waals surface area contributed by atoms with Crippen LogP contribution in [0, 0.1) is 0 Å². The summed E-state index contributed by atoms with van der Waals surface area (Å²) in [5, 5.41) is 3.29. The Morgan fingerprint density at radius 2 is 1.57 bits per heavy atom. The van der Waals surface area contributed by atoms with Crippen LogP contribution in [-0.4, -0.2) is 82.7 Å². The minimum Gasteiger partial charge on any atom is -0.375 e. The molecule has 3 N–H and O–H groups in total. The Morgan fingerprint density at radius 3 is 2.17 bits per heavy atom. The van der Waals surface area contributed by atoms with E-state index in [1.165, 1.54) is 0 Å². The Bertz CT molecular complexity index is 1100. The van der Waals surface area contributed by atoms with Crippen LogP contribution in [0.4, 0.5) is 0 Å². The molecule has 0 saturated carbocycles. The van der Waals surface area contributed by atoms with Gasteiger partial charge in [-0.3, -0.25) is 18.9 Å². The van der Waals surface area contributed by atoms with Gasteiger partial charge in [0.25, 0.3) is 11.8 Å². The third-order valence-electron chi connectivity index (χ3n) is 6.79. The Labute approximate surface area is 246 Å². The molecule has 42 heavy (non-hydrogen) atoms. The maximum atomic E-state index is 12.2. The first-order chi connectivity index (χ1) is 19.6. The van der Waals surface area contributed by atoms with E-state index in [-0.39, 0.29) is 44.5 Å². The predicted octanol–water partition coefficient (Wildman–Crippen LogP) is 2.41. The summed E-state index contributed by atoms with van der Waals surface area (Å²) in [7, 11) is -4.13. The van der Waals surface area contributed by atoms with Gasteiger partial charge in [-0.15, -0.1) is 5.06 Å². The average molecular weight is 615 g/mol. The lowest BCUT2D eigenvalue weighted by Crippen LogP contribution is -2.36. The van der Waals surface area contributed by atoms with Crippen molar-refractivity contribution in [2.75, 3.05) is 33.0 Å². The smallest absolute Gasteiger partial charge is 0.358 e. The number of nitrogens with zero attached hydrogens (tertiary/aromatic N) is 1. The van der Waals surface area contributed by atoms with Gasteiger partial charge in [-0.25, -0.2) is 4.79 Å². The maximum absolute atomic E-state index is 12.2. The van der Waals surface area contributed by atoms with Gasteiger partial charge in [-0.1, -0.05) is 31.2 Å². The third kappa shape index (κ3) is 13.5. The molecule has 0 spiro atoms. The van der Waals surface area contributed by atoms with Crippen molar-refractivity contribution in [3.8, 4) is 0 Å². The third-order valence-corrected chi connectivity index (χ3v) is 7.57. The highest BCUT2D eigenvalue weighted by molar-refractivity contribution is 7.50. The van der Waals surface area contributed by atoms with Crippen LogP contribution in [0.25, 0.3) is 0 Å². The van der Waals surface area contributed by atoms with Crippen molar-refractivity contribution in [2.24, 2.45) is 0 Å². The topological polar surface area (TPSA) is 178 Å². The number of benzene rings is 1. The highest BCUT2D eigenvalue weighted by Gasteiger charge is 2.33. The van der Waals surface area contributed by atoms with Gasteiger partial charge in [0.05, 0.1) is 43.6 Å². The summed E-state index contributed by atoms with van der Waals surface area (Å²) >= 11 is 0. The van der Waals surface area contributed by atoms with Crippen LogP contribution in [0.2, 0.25) is 0 Å². The molecule has 1 saturated heterocycles. The number of hydrogen-bond donors (Lipinski definition) is 3. The van der Waals surface area contributed by atoms with E-state index in [4.69, 9.17) is 28.8 Å². The monoisotopic (exact) mass is 614 g/mol. The Kier molecular flexibility index (Phi) is 13.7. The number of rotatable bonds is 19. The number of nitrogens with one attached hydrogen (secondary N) is 1. The van der Waals surface area contributed by atoms with Gasteiger partial charge in [0.1, 0.15) is 6.61 Å². The summed E-state index contributed by atoms with van der Waals surface area (Å²) in [4.78, 5) is 70.0. The van der Waals surface area contributed by atoms with E-state index in [1.807, 2.05) is 27.7 Å². The number of carbonyl (C=O) groups excluding carboxylic acids is 4. The van der Waals surface area contributed by atoms with E-state index in [0.717, 1.165) is 5.56 Å². The van der Waals surface area contributed by atoms with Crippen molar-refractivity contribution < 1.29 is 52.6 Å². The number of carbonyl (C=O) groups is 4. The largest absolute Gasteiger partial charge is 0.375 e. The SMILES string of the molecule is CCC(C)(CCOCC(=O)ON1C(=O)CCC1=O)OCCC(C)(C)OCCNC(=O)Cc1ccc(CP(=O)(O)O)cc1. The van der Waals surface area contributed by atoms with Crippen molar-refractivity contribution in [3.63, 3.8) is 0 Å². The molecule has 1 fully saturated rings. The van der Waals surface area contributed by atoms with Gasteiger partial charge < -0.3 is 34.2 Å². The van der Waals surface area contributed by atoms with E-state index in [9.17, 15) is 23.7 Å². The van der Waals surface area contributed by atoms with Crippen LogP contribution >= 0.6 is 7.60 Å². The minimum absolute atomic E-state index is 0.0297. The summed E-state index contributed by atoms with van der Waals surface area (Å²) in [6.45, 7) is 8.69. The maximum Gasteiger partial charge on any atom is 0.358 e.